The van der Waals surface area contributed by atoms with Crippen molar-refractivity contribution in [3.8, 4) is 0 Å². The fraction of sp³-hybridized carbons (Fsp3) is 0.889. The molecule has 0 aromatic carbocycles. The molecule has 0 bridgehead atoms. The Morgan fingerprint density at radius 2 is 1.45 bits per heavy atom. The highest BCUT2D eigenvalue weighted by atomic mass is 35.5. The van der Waals surface area contributed by atoms with Gasteiger partial charge in [-0.3, -0.25) is 0 Å². The highest BCUT2D eigenvalue weighted by Gasteiger charge is 1.89. The van der Waals surface area contributed by atoms with Crippen LogP contribution in [0.15, 0.2) is 0 Å². The average Bonchev–Trinajstić information content (AvgIpc) is 2.03. The normalized spacial score (nSPS) is 9.91. The van der Waals surface area contributed by atoms with Gasteiger partial charge in [-0.25, -0.2) is 0 Å². The number of unbranched alkanes of at least 4 members (excludes halogenated alkanes) is 6. The number of alkyl halides is 1. The molecule has 0 aliphatic rings. The maximum atomic E-state index is 9.92. The molecule has 0 aromatic heterocycles. The number of carbonyl (C=O) groups excluding carboxylic acids is 1. The van der Waals surface area contributed by atoms with Crippen LogP contribution in [-0.2, 0) is 4.79 Å². The molecule has 0 N–H and O–H groups in total. The SMILES string of the molecule is O=CCCCCCCCCCl. The molecule has 1 nitrogen and oxygen atoms in total. The minimum absolute atomic E-state index is 0.732. The summed E-state index contributed by atoms with van der Waals surface area (Å²) in [7, 11) is 0. The van der Waals surface area contributed by atoms with Crippen LogP contribution in [0, 0.1) is 0 Å². The van der Waals surface area contributed by atoms with E-state index in [4.69, 9.17) is 11.6 Å². The lowest BCUT2D eigenvalue weighted by molar-refractivity contribution is -0.107. The van der Waals surface area contributed by atoms with Gasteiger partial charge < -0.3 is 4.79 Å². The van der Waals surface area contributed by atoms with Crippen LogP contribution in [0.25, 0.3) is 0 Å². The van der Waals surface area contributed by atoms with Gasteiger partial charge in [-0.15, -0.1) is 11.6 Å². The van der Waals surface area contributed by atoms with Crippen LogP contribution < -0.4 is 0 Å². The number of carbonyl (C=O) groups is 1. The monoisotopic (exact) mass is 176 g/mol. The molecule has 0 aliphatic heterocycles. The Labute approximate surface area is 74.1 Å². The van der Waals surface area contributed by atoms with E-state index in [0.29, 0.717) is 0 Å². The molecular weight excluding hydrogens is 160 g/mol. The van der Waals surface area contributed by atoms with Crippen LogP contribution in [0.3, 0.4) is 0 Å². The zero-order valence-corrected chi connectivity index (χ0v) is 7.78. The van der Waals surface area contributed by atoms with Gasteiger partial charge in [0, 0.05) is 12.3 Å². The summed E-state index contributed by atoms with van der Waals surface area (Å²) in [5, 5.41) is 0. The third kappa shape index (κ3) is 9.96. The van der Waals surface area contributed by atoms with Crippen molar-refractivity contribution < 1.29 is 4.79 Å². The summed E-state index contributed by atoms with van der Waals surface area (Å²) in [4.78, 5) is 9.92. The van der Waals surface area contributed by atoms with Crippen LogP contribution in [0.1, 0.15) is 44.9 Å². The number of halogens is 1. The van der Waals surface area contributed by atoms with E-state index in [-0.39, 0.29) is 0 Å². The van der Waals surface area contributed by atoms with Gasteiger partial charge in [0.05, 0.1) is 0 Å². The lowest BCUT2D eigenvalue weighted by Gasteiger charge is -1.97. The molecule has 0 spiro atoms. The van der Waals surface area contributed by atoms with E-state index in [1.807, 2.05) is 0 Å². The molecule has 0 aromatic rings. The Kier molecular flexibility index (Phi) is 9.92. The first-order valence-corrected chi connectivity index (χ1v) is 4.95. The van der Waals surface area contributed by atoms with Crippen LogP contribution in [0.2, 0.25) is 0 Å². The molecule has 0 fully saturated rings. The number of hydrogen-bond donors (Lipinski definition) is 0. The Balaban J connectivity index is 2.74. The molecule has 0 unspecified atom stereocenters. The zero-order valence-electron chi connectivity index (χ0n) is 7.02. The molecule has 2 heteroatoms. The lowest BCUT2D eigenvalue weighted by Crippen LogP contribution is -1.81. The summed E-state index contributed by atoms with van der Waals surface area (Å²) in [5.41, 5.74) is 0. The van der Waals surface area contributed by atoms with Crippen molar-refractivity contribution >= 4 is 17.9 Å². The van der Waals surface area contributed by atoms with E-state index in [1.54, 1.807) is 0 Å². The lowest BCUT2D eigenvalue weighted by atomic mass is 10.1. The van der Waals surface area contributed by atoms with E-state index in [1.165, 1.54) is 25.7 Å². The highest BCUT2D eigenvalue weighted by Crippen LogP contribution is 2.06. The van der Waals surface area contributed by atoms with Gasteiger partial charge in [-0.1, -0.05) is 25.7 Å². The average molecular weight is 177 g/mol. The van der Waals surface area contributed by atoms with Crippen molar-refractivity contribution in [2.75, 3.05) is 5.88 Å². The van der Waals surface area contributed by atoms with E-state index >= 15 is 0 Å². The first-order chi connectivity index (χ1) is 5.41. The van der Waals surface area contributed by atoms with Crippen molar-refractivity contribution in [3.05, 3.63) is 0 Å². The molecule has 0 saturated heterocycles. The molecule has 0 rings (SSSR count). The number of aldehydes is 1. The molecule has 0 amide bonds. The first kappa shape index (κ1) is 11.0. The smallest absolute Gasteiger partial charge is 0.119 e. The van der Waals surface area contributed by atoms with Crippen molar-refractivity contribution in [1.29, 1.82) is 0 Å². The molecule has 0 heterocycles. The van der Waals surface area contributed by atoms with Crippen LogP contribution in [0.4, 0.5) is 0 Å². The Morgan fingerprint density at radius 3 is 2.00 bits per heavy atom. The third-order valence-electron chi connectivity index (χ3n) is 1.71. The second kappa shape index (κ2) is 9.96. The molecule has 0 radical (unpaired) electrons. The van der Waals surface area contributed by atoms with E-state index in [2.05, 4.69) is 0 Å². The van der Waals surface area contributed by atoms with Gasteiger partial charge in [0.1, 0.15) is 6.29 Å². The fourth-order valence-corrected chi connectivity index (χ4v) is 1.22. The summed E-state index contributed by atoms with van der Waals surface area (Å²) < 4.78 is 0. The highest BCUT2D eigenvalue weighted by molar-refractivity contribution is 6.17. The van der Waals surface area contributed by atoms with Crippen LogP contribution in [0.5, 0.6) is 0 Å². The summed E-state index contributed by atoms with van der Waals surface area (Å²) in [6.07, 6.45) is 8.88. The first-order valence-electron chi connectivity index (χ1n) is 4.41. The van der Waals surface area contributed by atoms with Gasteiger partial charge >= 0.3 is 0 Å². The maximum absolute atomic E-state index is 9.92. The van der Waals surface area contributed by atoms with Gasteiger partial charge in [0.25, 0.3) is 0 Å². The largest absolute Gasteiger partial charge is 0.303 e. The van der Waals surface area contributed by atoms with Gasteiger partial charge in [0.15, 0.2) is 0 Å². The van der Waals surface area contributed by atoms with Crippen LogP contribution in [-0.4, -0.2) is 12.2 Å². The predicted molar refractivity (Wildman–Crippen MR) is 49.1 cm³/mol. The molecule has 0 atom stereocenters. The summed E-state index contributed by atoms with van der Waals surface area (Å²) in [5.74, 6) is 0.786. The summed E-state index contributed by atoms with van der Waals surface area (Å²) >= 11 is 5.52. The predicted octanol–water partition coefficient (Wildman–Crippen LogP) is 3.15. The zero-order chi connectivity index (χ0) is 8.36. The topological polar surface area (TPSA) is 17.1 Å². The minimum Gasteiger partial charge on any atom is -0.303 e. The fourth-order valence-electron chi connectivity index (χ4n) is 1.03. The van der Waals surface area contributed by atoms with Gasteiger partial charge in [-0.05, 0) is 12.8 Å². The van der Waals surface area contributed by atoms with Gasteiger partial charge in [-0.2, -0.15) is 0 Å². The van der Waals surface area contributed by atoms with Crippen molar-refractivity contribution in [2.45, 2.75) is 44.9 Å². The molecular formula is C9H17ClO. The maximum Gasteiger partial charge on any atom is 0.119 e. The molecule has 0 saturated carbocycles. The van der Waals surface area contributed by atoms with Crippen molar-refractivity contribution in [2.24, 2.45) is 0 Å². The Morgan fingerprint density at radius 1 is 0.909 bits per heavy atom. The van der Waals surface area contributed by atoms with Gasteiger partial charge in [0.2, 0.25) is 0 Å². The van der Waals surface area contributed by atoms with Crippen molar-refractivity contribution in [3.63, 3.8) is 0 Å². The standard InChI is InChI=1S/C9H17ClO/c10-8-6-4-2-1-3-5-7-9-11/h9H,1-8H2. The van der Waals surface area contributed by atoms with Crippen LogP contribution >= 0.6 is 11.6 Å². The van der Waals surface area contributed by atoms with E-state index in [9.17, 15) is 4.79 Å². The minimum atomic E-state index is 0.732. The quantitative estimate of drug-likeness (QED) is 0.316. The Hall–Kier alpha value is -0.0400. The molecule has 11 heavy (non-hydrogen) atoms. The van der Waals surface area contributed by atoms with E-state index < -0.39 is 0 Å². The summed E-state index contributed by atoms with van der Waals surface area (Å²) in [6.45, 7) is 0. The molecule has 66 valence electrons. The second-order valence-electron chi connectivity index (χ2n) is 2.77. The third-order valence-corrected chi connectivity index (χ3v) is 1.97. The second-order valence-corrected chi connectivity index (χ2v) is 3.14. The van der Waals surface area contributed by atoms with E-state index in [0.717, 1.165) is 31.4 Å². The van der Waals surface area contributed by atoms with Crippen molar-refractivity contribution in [1.82, 2.24) is 0 Å². The molecule has 0 aliphatic carbocycles. The number of rotatable bonds is 8. The number of hydrogen-bond acceptors (Lipinski definition) is 1. The summed E-state index contributed by atoms with van der Waals surface area (Å²) in [6, 6.07) is 0. The Bertz CT molecular complexity index is 83.6.